The van der Waals surface area contributed by atoms with Crippen LogP contribution in [0.5, 0.6) is 0 Å². The normalized spacial score (nSPS) is 42.7. The molecule has 4 heteroatoms. The summed E-state index contributed by atoms with van der Waals surface area (Å²) in [6, 6.07) is 0. The summed E-state index contributed by atoms with van der Waals surface area (Å²) in [7, 11) is 0. The Morgan fingerprint density at radius 2 is 1.87 bits per heavy atom. The van der Waals surface area contributed by atoms with E-state index in [1.54, 1.807) is 0 Å². The maximum atomic E-state index is 12.0. The van der Waals surface area contributed by atoms with Crippen molar-refractivity contribution in [1.82, 2.24) is 0 Å². The minimum atomic E-state index is -0.586. The van der Waals surface area contributed by atoms with Gasteiger partial charge in [0.1, 0.15) is 0 Å². The van der Waals surface area contributed by atoms with Crippen LogP contribution in [-0.4, -0.2) is 29.1 Å². The van der Waals surface area contributed by atoms with E-state index < -0.39 is 5.60 Å². The fraction of sp³-hybridized carbons (Fsp3) is 0.846. The Morgan fingerprint density at radius 3 is 2.63 bits per heavy atom. The van der Waals surface area contributed by atoms with Gasteiger partial charge in [-0.15, -0.1) is 0 Å². The predicted molar refractivity (Wildman–Crippen MR) is 117 cm³/mol. The summed E-state index contributed by atoms with van der Waals surface area (Å²) in [6.45, 7) is 7.07. The molecule has 4 nitrogen and oxygen atoms in total. The van der Waals surface area contributed by atoms with E-state index in [0.717, 1.165) is 51.4 Å². The molecule has 6 atom stereocenters. The standard InChI is InChI=1S/C26H40O4/c1-4-23(28)30-16-6-5-12-26(29)15-11-22-20-8-7-18-17-19(27)9-13-24(18,2)21(20)10-14-25(22,26)3/h17,20-22,29H,4-16H2,1-3H3/t20-,21-,22+,24+,25+,26?/m1/s1. The molecule has 168 valence electrons. The van der Waals surface area contributed by atoms with Crippen molar-refractivity contribution in [2.45, 2.75) is 103 Å². The van der Waals surface area contributed by atoms with Crippen LogP contribution in [0.1, 0.15) is 97.8 Å². The van der Waals surface area contributed by atoms with Gasteiger partial charge in [-0.25, -0.2) is 0 Å². The summed E-state index contributed by atoms with van der Waals surface area (Å²) in [5.74, 6) is 2.12. The average Bonchev–Trinajstić information content (AvgIpc) is 2.99. The molecule has 0 aromatic heterocycles. The number of esters is 1. The molecule has 0 aliphatic heterocycles. The van der Waals surface area contributed by atoms with Crippen molar-refractivity contribution in [3.63, 3.8) is 0 Å². The van der Waals surface area contributed by atoms with E-state index in [0.29, 0.717) is 43.0 Å². The van der Waals surface area contributed by atoms with Crippen LogP contribution in [0.2, 0.25) is 0 Å². The zero-order valence-corrected chi connectivity index (χ0v) is 19.2. The molecule has 1 unspecified atom stereocenters. The maximum absolute atomic E-state index is 12.0. The van der Waals surface area contributed by atoms with Gasteiger partial charge in [-0.05, 0) is 98.9 Å². The highest BCUT2D eigenvalue weighted by molar-refractivity contribution is 5.91. The number of ether oxygens (including phenoxy) is 1. The van der Waals surface area contributed by atoms with Crippen LogP contribution in [0, 0.1) is 28.6 Å². The molecule has 0 saturated heterocycles. The Hall–Kier alpha value is -1.16. The van der Waals surface area contributed by atoms with Gasteiger partial charge in [0.2, 0.25) is 0 Å². The predicted octanol–water partition coefficient (Wildman–Crippen LogP) is 5.37. The molecule has 0 spiro atoms. The zero-order valence-electron chi connectivity index (χ0n) is 19.2. The average molecular weight is 417 g/mol. The second kappa shape index (κ2) is 8.07. The van der Waals surface area contributed by atoms with E-state index in [1.165, 1.54) is 18.4 Å². The van der Waals surface area contributed by atoms with Gasteiger partial charge in [0, 0.05) is 12.8 Å². The second-order valence-electron chi connectivity index (χ2n) is 11.0. The summed E-state index contributed by atoms with van der Waals surface area (Å²) < 4.78 is 5.21. The minimum Gasteiger partial charge on any atom is -0.466 e. The second-order valence-corrected chi connectivity index (χ2v) is 11.0. The van der Waals surface area contributed by atoms with Crippen molar-refractivity contribution in [1.29, 1.82) is 0 Å². The lowest BCUT2D eigenvalue weighted by molar-refractivity contribution is -0.143. The molecule has 0 aromatic rings. The van der Waals surface area contributed by atoms with Crippen molar-refractivity contribution < 1.29 is 19.4 Å². The molecule has 0 heterocycles. The number of hydrogen-bond acceptors (Lipinski definition) is 4. The number of allylic oxidation sites excluding steroid dienone is 1. The number of carbonyl (C=O) groups is 2. The Kier molecular flexibility index (Phi) is 5.93. The first-order valence-electron chi connectivity index (χ1n) is 12.4. The lowest BCUT2D eigenvalue weighted by atomic mass is 9.46. The molecule has 4 aliphatic carbocycles. The Labute approximate surface area is 181 Å². The lowest BCUT2D eigenvalue weighted by Crippen LogP contribution is -2.54. The van der Waals surface area contributed by atoms with Crippen molar-refractivity contribution in [2.75, 3.05) is 6.61 Å². The molecule has 4 aliphatic rings. The summed E-state index contributed by atoms with van der Waals surface area (Å²) in [6.07, 6.45) is 13.3. The minimum absolute atomic E-state index is 0.00365. The van der Waals surface area contributed by atoms with E-state index in [-0.39, 0.29) is 16.8 Å². The fourth-order valence-corrected chi connectivity index (χ4v) is 7.89. The van der Waals surface area contributed by atoms with Crippen molar-refractivity contribution in [3.8, 4) is 0 Å². The van der Waals surface area contributed by atoms with Crippen molar-refractivity contribution in [2.24, 2.45) is 28.6 Å². The highest BCUT2D eigenvalue weighted by atomic mass is 16.5. The molecule has 4 rings (SSSR count). The van der Waals surface area contributed by atoms with E-state index in [9.17, 15) is 14.7 Å². The monoisotopic (exact) mass is 416 g/mol. The number of rotatable bonds is 6. The van der Waals surface area contributed by atoms with Gasteiger partial charge in [-0.3, -0.25) is 9.59 Å². The van der Waals surface area contributed by atoms with E-state index in [2.05, 4.69) is 13.8 Å². The van der Waals surface area contributed by atoms with E-state index >= 15 is 0 Å². The smallest absolute Gasteiger partial charge is 0.305 e. The van der Waals surface area contributed by atoms with Crippen LogP contribution in [0.4, 0.5) is 0 Å². The quantitative estimate of drug-likeness (QED) is 0.467. The Bertz CT molecular complexity index is 727. The van der Waals surface area contributed by atoms with Crippen LogP contribution < -0.4 is 0 Å². The van der Waals surface area contributed by atoms with Gasteiger partial charge < -0.3 is 9.84 Å². The third-order valence-electron chi connectivity index (χ3n) is 9.82. The number of aliphatic hydroxyl groups is 1. The highest BCUT2D eigenvalue weighted by Crippen LogP contribution is 2.68. The number of fused-ring (bicyclic) bond motifs is 5. The van der Waals surface area contributed by atoms with Crippen LogP contribution in [-0.2, 0) is 14.3 Å². The third kappa shape index (κ3) is 3.47. The molecule has 0 amide bonds. The number of unbranched alkanes of at least 4 members (excludes halogenated alkanes) is 1. The first-order chi connectivity index (χ1) is 14.2. The van der Waals surface area contributed by atoms with Gasteiger partial charge in [0.05, 0.1) is 12.2 Å². The molecule has 0 bridgehead atoms. The van der Waals surface area contributed by atoms with Gasteiger partial charge in [-0.1, -0.05) is 26.3 Å². The van der Waals surface area contributed by atoms with Crippen molar-refractivity contribution >= 4 is 11.8 Å². The zero-order chi connectivity index (χ0) is 21.6. The molecule has 0 aromatic carbocycles. The van der Waals surface area contributed by atoms with Crippen molar-refractivity contribution in [3.05, 3.63) is 11.6 Å². The SMILES string of the molecule is CCC(=O)OCCCCC1(O)CC[C@H]2[C@@H]3CCC4=CC(=O)CC[C@]4(C)[C@@H]3CC[C@@]21C. The molecular weight excluding hydrogens is 376 g/mol. The van der Waals surface area contributed by atoms with Crippen LogP contribution in [0.3, 0.4) is 0 Å². The fourth-order valence-electron chi connectivity index (χ4n) is 7.89. The lowest BCUT2D eigenvalue weighted by Gasteiger charge is -2.59. The summed E-state index contributed by atoms with van der Waals surface area (Å²) >= 11 is 0. The van der Waals surface area contributed by atoms with Crippen LogP contribution >= 0.6 is 0 Å². The molecular formula is C26H40O4. The molecule has 30 heavy (non-hydrogen) atoms. The van der Waals surface area contributed by atoms with Gasteiger partial charge in [-0.2, -0.15) is 0 Å². The molecule has 3 saturated carbocycles. The first kappa shape index (κ1) is 22.0. The number of carbonyl (C=O) groups excluding carboxylic acids is 2. The highest BCUT2D eigenvalue weighted by Gasteiger charge is 2.63. The van der Waals surface area contributed by atoms with Gasteiger partial charge in [0.15, 0.2) is 5.78 Å². The van der Waals surface area contributed by atoms with Gasteiger partial charge in [0.25, 0.3) is 0 Å². The summed E-state index contributed by atoms with van der Waals surface area (Å²) in [4.78, 5) is 23.3. The number of hydrogen-bond donors (Lipinski definition) is 1. The number of ketones is 1. The molecule has 0 radical (unpaired) electrons. The third-order valence-corrected chi connectivity index (χ3v) is 9.82. The topological polar surface area (TPSA) is 63.6 Å². The molecule has 3 fully saturated rings. The molecule has 1 N–H and O–H groups in total. The van der Waals surface area contributed by atoms with E-state index in [1.807, 2.05) is 13.0 Å². The van der Waals surface area contributed by atoms with Gasteiger partial charge >= 0.3 is 5.97 Å². The Balaban J connectivity index is 1.43. The summed E-state index contributed by atoms with van der Waals surface area (Å²) in [5, 5.41) is 11.8. The van der Waals surface area contributed by atoms with Crippen LogP contribution in [0.15, 0.2) is 11.6 Å². The van der Waals surface area contributed by atoms with E-state index in [4.69, 9.17) is 4.74 Å². The summed E-state index contributed by atoms with van der Waals surface area (Å²) in [5.41, 5.74) is 1.02. The first-order valence-corrected chi connectivity index (χ1v) is 12.4. The Morgan fingerprint density at radius 1 is 1.10 bits per heavy atom. The van der Waals surface area contributed by atoms with Crippen LogP contribution in [0.25, 0.3) is 0 Å². The maximum Gasteiger partial charge on any atom is 0.305 e. The largest absolute Gasteiger partial charge is 0.466 e.